The van der Waals surface area contributed by atoms with Gasteiger partial charge in [-0.15, -0.1) is 17.0 Å². The molecular weight excluding hydrogens is 285 g/mol. The number of hydrogen-bond acceptors (Lipinski definition) is 2. The lowest BCUT2D eigenvalue weighted by Gasteiger charge is -2.34. The maximum Gasteiger partial charge on any atom is 0.165 e. The van der Waals surface area contributed by atoms with Crippen LogP contribution in [-0.4, -0.2) is 7.11 Å². The summed E-state index contributed by atoms with van der Waals surface area (Å²) in [5.41, 5.74) is 6.78. The van der Waals surface area contributed by atoms with Gasteiger partial charge in [0.25, 0.3) is 0 Å². The Morgan fingerprint density at radius 3 is 2.47 bits per heavy atom. The van der Waals surface area contributed by atoms with E-state index in [2.05, 4.69) is 0 Å². The fraction of sp³-hybridized carbons (Fsp3) is 0.538. The zero-order valence-electron chi connectivity index (χ0n) is 10.0. The van der Waals surface area contributed by atoms with E-state index in [4.69, 9.17) is 10.5 Å². The topological polar surface area (TPSA) is 35.2 Å². The number of rotatable bonds is 2. The summed E-state index contributed by atoms with van der Waals surface area (Å²) in [6.45, 7) is 0. The molecule has 0 bridgehead atoms. The van der Waals surface area contributed by atoms with Gasteiger partial charge in [0, 0.05) is 11.1 Å². The minimum Gasteiger partial charge on any atom is -0.493 e. The number of nitrogens with two attached hydrogens (primary N) is 1. The summed E-state index contributed by atoms with van der Waals surface area (Å²) < 4.78 is 18.7. The van der Waals surface area contributed by atoms with Gasteiger partial charge in [-0.1, -0.05) is 31.4 Å². The Bertz CT molecular complexity index is 378. The molecule has 96 valence electrons. The number of para-hydroxylation sites is 1. The first-order valence-corrected chi connectivity index (χ1v) is 5.79. The van der Waals surface area contributed by atoms with E-state index in [1.54, 1.807) is 6.07 Å². The Morgan fingerprint density at radius 1 is 1.24 bits per heavy atom. The van der Waals surface area contributed by atoms with Crippen molar-refractivity contribution in [3.05, 3.63) is 29.6 Å². The van der Waals surface area contributed by atoms with Gasteiger partial charge in [-0.05, 0) is 18.9 Å². The zero-order chi connectivity index (χ0) is 11.6. The summed E-state index contributed by atoms with van der Waals surface area (Å²) in [4.78, 5) is 0. The quantitative estimate of drug-likeness (QED) is 0.907. The molecule has 1 aliphatic rings. The largest absolute Gasteiger partial charge is 0.493 e. The van der Waals surface area contributed by atoms with E-state index in [0.29, 0.717) is 5.75 Å². The number of methoxy groups -OCH3 is 1. The number of halogens is 2. The van der Waals surface area contributed by atoms with Crippen molar-refractivity contribution >= 4 is 17.0 Å². The molecule has 1 saturated carbocycles. The van der Waals surface area contributed by atoms with Gasteiger partial charge in [-0.3, -0.25) is 0 Å². The van der Waals surface area contributed by atoms with E-state index in [1.807, 2.05) is 6.07 Å². The van der Waals surface area contributed by atoms with Crippen molar-refractivity contribution < 1.29 is 9.13 Å². The van der Waals surface area contributed by atoms with Gasteiger partial charge in [0.1, 0.15) is 0 Å². The van der Waals surface area contributed by atoms with Gasteiger partial charge in [0.15, 0.2) is 11.6 Å². The van der Waals surface area contributed by atoms with Crippen LogP contribution >= 0.6 is 17.0 Å². The lowest BCUT2D eigenvalue weighted by molar-refractivity contribution is 0.284. The fourth-order valence-electron chi connectivity index (χ4n) is 2.56. The zero-order valence-corrected chi connectivity index (χ0v) is 11.8. The van der Waals surface area contributed by atoms with Gasteiger partial charge in [-0.25, -0.2) is 4.39 Å². The molecule has 17 heavy (non-hydrogen) atoms. The van der Waals surface area contributed by atoms with Crippen molar-refractivity contribution in [2.75, 3.05) is 7.11 Å². The highest BCUT2D eigenvalue weighted by Gasteiger charge is 2.32. The first-order valence-electron chi connectivity index (χ1n) is 5.79. The van der Waals surface area contributed by atoms with E-state index in [-0.39, 0.29) is 22.8 Å². The minimum atomic E-state index is -0.411. The highest BCUT2D eigenvalue weighted by Crippen LogP contribution is 2.39. The third-order valence-corrected chi connectivity index (χ3v) is 3.45. The third kappa shape index (κ3) is 2.80. The molecule has 2 nitrogen and oxygen atoms in total. The lowest BCUT2D eigenvalue weighted by Crippen LogP contribution is -2.39. The Balaban J connectivity index is 0.00000144. The maximum atomic E-state index is 13.6. The molecule has 4 heteroatoms. The van der Waals surface area contributed by atoms with Gasteiger partial charge in [0.05, 0.1) is 7.11 Å². The second kappa shape index (κ2) is 5.83. The predicted octanol–water partition coefficient (Wildman–Crippen LogP) is 3.53. The van der Waals surface area contributed by atoms with E-state index in [1.165, 1.54) is 19.6 Å². The standard InChI is InChI=1S/C13H18FNO.BrH/c1-16-12-10(6-5-7-11(12)14)13(15)8-3-2-4-9-13;/h5-7H,2-4,8-9,15H2,1H3;1H. The van der Waals surface area contributed by atoms with E-state index in [0.717, 1.165) is 31.2 Å². The van der Waals surface area contributed by atoms with Crippen LogP contribution < -0.4 is 10.5 Å². The summed E-state index contributed by atoms with van der Waals surface area (Å²) in [5.74, 6) is -0.0118. The van der Waals surface area contributed by atoms with E-state index >= 15 is 0 Å². The Kier molecular flexibility index (Phi) is 4.95. The monoisotopic (exact) mass is 303 g/mol. The van der Waals surface area contributed by atoms with Crippen LogP contribution in [0.4, 0.5) is 4.39 Å². The molecule has 0 radical (unpaired) electrons. The molecule has 1 fully saturated rings. The van der Waals surface area contributed by atoms with Gasteiger partial charge in [-0.2, -0.15) is 0 Å². The fourth-order valence-corrected chi connectivity index (χ4v) is 2.56. The summed E-state index contributed by atoms with van der Waals surface area (Å²) in [5, 5.41) is 0. The molecule has 1 aromatic carbocycles. The molecule has 0 unspecified atom stereocenters. The van der Waals surface area contributed by atoms with Crippen LogP contribution in [0.25, 0.3) is 0 Å². The van der Waals surface area contributed by atoms with Crippen LogP contribution in [0.15, 0.2) is 18.2 Å². The van der Waals surface area contributed by atoms with Crippen molar-refractivity contribution in [1.29, 1.82) is 0 Å². The van der Waals surface area contributed by atoms with Crippen LogP contribution in [-0.2, 0) is 5.54 Å². The summed E-state index contributed by atoms with van der Waals surface area (Å²) in [7, 11) is 1.49. The summed E-state index contributed by atoms with van der Waals surface area (Å²) >= 11 is 0. The Morgan fingerprint density at radius 2 is 1.88 bits per heavy atom. The smallest absolute Gasteiger partial charge is 0.165 e. The minimum absolute atomic E-state index is 0. The van der Waals surface area contributed by atoms with Crippen molar-refractivity contribution in [1.82, 2.24) is 0 Å². The SMILES string of the molecule is Br.COc1c(F)cccc1C1(N)CCCCC1. The van der Waals surface area contributed by atoms with Crippen LogP contribution in [0.1, 0.15) is 37.7 Å². The van der Waals surface area contributed by atoms with Crippen LogP contribution in [0, 0.1) is 5.82 Å². The molecule has 2 N–H and O–H groups in total. The predicted molar refractivity (Wildman–Crippen MR) is 72.2 cm³/mol. The highest BCUT2D eigenvalue weighted by atomic mass is 79.9. The number of hydrogen-bond donors (Lipinski definition) is 1. The third-order valence-electron chi connectivity index (χ3n) is 3.45. The lowest BCUT2D eigenvalue weighted by atomic mass is 9.77. The summed E-state index contributed by atoms with van der Waals surface area (Å²) in [6, 6.07) is 5.00. The molecule has 0 spiro atoms. The van der Waals surface area contributed by atoms with Gasteiger partial charge >= 0.3 is 0 Å². The second-order valence-electron chi connectivity index (χ2n) is 4.54. The Hall–Kier alpha value is -0.610. The number of benzene rings is 1. The molecule has 1 aromatic rings. The van der Waals surface area contributed by atoms with Crippen molar-refractivity contribution in [3.63, 3.8) is 0 Å². The highest BCUT2D eigenvalue weighted by molar-refractivity contribution is 8.93. The number of ether oxygens (including phenoxy) is 1. The molecule has 0 aromatic heterocycles. The first-order chi connectivity index (χ1) is 7.67. The van der Waals surface area contributed by atoms with E-state index in [9.17, 15) is 4.39 Å². The molecule has 0 amide bonds. The normalized spacial score (nSPS) is 18.3. The second-order valence-corrected chi connectivity index (χ2v) is 4.54. The van der Waals surface area contributed by atoms with Crippen LogP contribution in [0.2, 0.25) is 0 Å². The van der Waals surface area contributed by atoms with Gasteiger partial charge < -0.3 is 10.5 Å². The average molecular weight is 304 g/mol. The average Bonchev–Trinajstić information content (AvgIpc) is 2.29. The van der Waals surface area contributed by atoms with Gasteiger partial charge in [0.2, 0.25) is 0 Å². The molecule has 0 saturated heterocycles. The van der Waals surface area contributed by atoms with Crippen molar-refractivity contribution in [2.45, 2.75) is 37.6 Å². The van der Waals surface area contributed by atoms with Crippen molar-refractivity contribution in [2.24, 2.45) is 5.73 Å². The maximum absolute atomic E-state index is 13.6. The van der Waals surface area contributed by atoms with Crippen LogP contribution in [0.5, 0.6) is 5.75 Å². The molecule has 0 atom stereocenters. The van der Waals surface area contributed by atoms with E-state index < -0.39 is 5.54 Å². The van der Waals surface area contributed by atoms with Crippen molar-refractivity contribution in [3.8, 4) is 5.75 Å². The first kappa shape index (κ1) is 14.5. The molecule has 0 heterocycles. The van der Waals surface area contributed by atoms with Crippen LogP contribution in [0.3, 0.4) is 0 Å². The molecule has 2 rings (SSSR count). The molecular formula is C13H19BrFNO. The summed E-state index contributed by atoms with van der Waals surface area (Å²) in [6.07, 6.45) is 5.25. The molecule has 1 aliphatic carbocycles. The molecule has 0 aliphatic heterocycles. The Labute approximate surface area is 112 Å².